The average Bonchev–Trinajstić information content (AvgIpc) is 2.60. The lowest BCUT2D eigenvalue weighted by Crippen LogP contribution is -2.27. The first-order chi connectivity index (χ1) is 7.04. The first-order valence-corrected chi connectivity index (χ1v) is 5.54. The molecule has 1 N–H and O–H groups in total. The molecule has 0 amide bonds. The van der Waals surface area contributed by atoms with Crippen LogP contribution in [-0.2, 0) is 0 Å². The van der Waals surface area contributed by atoms with E-state index in [4.69, 9.17) is 0 Å². The summed E-state index contributed by atoms with van der Waals surface area (Å²) in [5, 5.41) is 3.32. The molecule has 2 aliphatic heterocycles. The van der Waals surface area contributed by atoms with Crippen molar-refractivity contribution in [2.75, 3.05) is 32.7 Å². The molecule has 0 aliphatic carbocycles. The summed E-state index contributed by atoms with van der Waals surface area (Å²) in [7, 11) is 0. The second-order valence-corrected chi connectivity index (χ2v) is 4.66. The molecule has 2 fully saturated rings. The van der Waals surface area contributed by atoms with Gasteiger partial charge in [0.2, 0.25) is 0 Å². The van der Waals surface area contributed by atoms with Gasteiger partial charge in [-0.15, -0.1) is 0 Å². The molecule has 2 heterocycles. The fourth-order valence-electron chi connectivity index (χ4n) is 2.64. The van der Waals surface area contributed by atoms with Gasteiger partial charge in [-0.2, -0.15) is 13.2 Å². The zero-order chi connectivity index (χ0) is 10.9. The van der Waals surface area contributed by atoms with E-state index in [1.54, 1.807) is 0 Å². The van der Waals surface area contributed by atoms with Gasteiger partial charge in [-0.1, -0.05) is 0 Å². The van der Waals surface area contributed by atoms with Crippen LogP contribution in [0.15, 0.2) is 0 Å². The van der Waals surface area contributed by atoms with Crippen LogP contribution in [0.25, 0.3) is 0 Å². The van der Waals surface area contributed by atoms with E-state index >= 15 is 0 Å². The molecule has 0 saturated carbocycles. The summed E-state index contributed by atoms with van der Waals surface area (Å²) in [6.07, 6.45) is -4.38. The topological polar surface area (TPSA) is 15.3 Å². The Bertz CT molecular complexity index is 205. The number of fused-ring (bicyclic) bond motifs is 1. The van der Waals surface area contributed by atoms with Crippen molar-refractivity contribution in [3.63, 3.8) is 0 Å². The third-order valence-electron chi connectivity index (χ3n) is 3.40. The minimum Gasteiger partial charge on any atom is -0.316 e. The van der Waals surface area contributed by atoms with Crippen LogP contribution < -0.4 is 5.32 Å². The number of nitrogens with zero attached hydrogens (tertiary/aromatic N) is 1. The molecule has 2 aliphatic rings. The van der Waals surface area contributed by atoms with Gasteiger partial charge >= 0.3 is 6.18 Å². The van der Waals surface area contributed by atoms with Crippen LogP contribution in [0.2, 0.25) is 0 Å². The Hall–Kier alpha value is -0.290. The molecule has 0 radical (unpaired) electrons. The summed E-state index contributed by atoms with van der Waals surface area (Å²) < 4.78 is 35.8. The Kier molecular flexibility index (Phi) is 3.21. The van der Waals surface area contributed by atoms with Crippen molar-refractivity contribution >= 4 is 0 Å². The molecule has 2 saturated heterocycles. The van der Waals surface area contributed by atoms with E-state index in [1.165, 1.54) is 0 Å². The van der Waals surface area contributed by atoms with Crippen LogP contribution in [-0.4, -0.2) is 43.8 Å². The van der Waals surface area contributed by atoms with Crippen molar-refractivity contribution in [3.8, 4) is 0 Å². The van der Waals surface area contributed by atoms with E-state index in [-0.39, 0.29) is 6.42 Å². The molecule has 2 rings (SSSR count). The summed E-state index contributed by atoms with van der Waals surface area (Å²) in [4.78, 5) is 2.18. The van der Waals surface area contributed by atoms with Crippen molar-refractivity contribution in [2.24, 2.45) is 11.8 Å². The van der Waals surface area contributed by atoms with Crippen molar-refractivity contribution in [2.45, 2.75) is 19.0 Å². The monoisotopic (exact) mass is 222 g/mol. The van der Waals surface area contributed by atoms with E-state index in [0.717, 1.165) is 26.2 Å². The molecule has 0 bridgehead atoms. The van der Waals surface area contributed by atoms with Gasteiger partial charge in [-0.05, 0) is 37.9 Å². The standard InChI is InChI=1S/C10H17F3N2/c11-10(12,13)2-1-3-15-6-8-4-14-5-9(8)7-15/h8-9,14H,1-7H2. The quantitative estimate of drug-likeness (QED) is 0.778. The molecule has 0 aromatic rings. The second kappa shape index (κ2) is 4.29. The summed E-state index contributed by atoms with van der Waals surface area (Å²) in [6.45, 7) is 4.65. The highest BCUT2D eigenvalue weighted by molar-refractivity contribution is 4.90. The summed E-state index contributed by atoms with van der Waals surface area (Å²) >= 11 is 0. The molecule has 0 spiro atoms. The van der Waals surface area contributed by atoms with Crippen molar-refractivity contribution < 1.29 is 13.2 Å². The first kappa shape index (κ1) is 11.2. The molecule has 2 unspecified atom stereocenters. The maximum atomic E-state index is 11.9. The number of likely N-dealkylation sites (tertiary alicyclic amines) is 1. The van der Waals surface area contributed by atoms with Gasteiger partial charge in [0.15, 0.2) is 0 Å². The van der Waals surface area contributed by atoms with Crippen molar-refractivity contribution in [3.05, 3.63) is 0 Å². The highest BCUT2D eigenvalue weighted by atomic mass is 19.4. The fraction of sp³-hybridized carbons (Fsp3) is 1.00. The Balaban J connectivity index is 1.65. The van der Waals surface area contributed by atoms with Gasteiger partial charge in [0.1, 0.15) is 0 Å². The maximum Gasteiger partial charge on any atom is 0.389 e. The Morgan fingerprint density at radius 2 is 1.73 bits per heavy atom. The Morgan fingerprint density at radius 3 is 2.27 bits per heavy atom. The Labute approximate surface area is 87.8 Å². The van der Waals surface area contributed by atoms with E-state index < -0.39 is 12.6 Å². The molecule has 5 heteroatoms. The number of hydrogen-bond acceptors (Lipinski definition) is 2. The highest BCUT2D eigenvalue weighted by Gasteiger charge is 2.36. The van der Waals surface area contributed by atoms with Gasteiger partial charge in [0.05, 0.1) is 0 Å². The zero-order valence-electron chi connectivity index (χ0n) is 8.69. The van der Waals surface area contributed by atoms with Gasteiger partial charge < -0.3 is 10.2 Å². The van der Waals surface area contributed by atoms with Crippen LogP contribution in [0.3, 0.4) is 0 Å². The van der Waals surface area contributed by atoms with Crippen LogP contribution in [0, 0.1) is 11.8 Å². The SMILES string of the molecule is FC(F)(F)CCCN1CC2CNCC2C1. The molecule has 0 aromatic heterocycles. The van der Waals surface area contributed by atoms with E-state index in [2.05, 4.69) is 10.2 Å². The Morgan fingerprint density at radius 1 is 1.13 bits per heavy atom. The third kappa shape index (κ3) is 3.08. The third-order valence-corrected chi connectivity index (χ3v) is 3.40. The number of rotatable bonds is 3. The normalized spacial score (nSPS) is 32.2. The lowest BCUT2D eigenvalue weighted by molar-refractivity contribution is -0.136. The number of hydrogen-bond donors (Lipinski definition) is 1. The first-order valence-electron chi connectivity index (χ1n) is 5.54. The number of nitrogens with one attached hydrogen (secondary N) is 1. The molecule has 15 heavy (non-hydrogen) atoms. The zero-order valence-corrected chi connectivity index (χ0v) is 8.69. The molecule has 88 valence electrons. The van der Waals surface area contributed by atoms with Crippen molar-refractivity contribution in [1.29, 1.82) is 0 Å². The average molecular weight is 222 g/mol. The molecular weight excluding hydrogens is 205 g/mol. The lowest BCUT2D eigenvalue weighted by atomic mass is 10.0. The van der Waals surface area contributed by atoms with Gasteiger partial charge in [-0.25, -0.2) is 0 Å². The van der Waals surface area contributed by atoms with E-state index in [1.807, 2.05) is 0 Å². The van der Waals surface area contributed by atoms with Crippen LogP contribution in [0.4, 0.5) is 13.2 Å². The minimum atomic E-state index is -3.99. The highest BCUT2D eigenvalue weighted by Crippen LogP contribution is 2.27. The molecule has 2 nitrogen and oxygen atoms in total. The van der Waals surface area contributed by atoms with E-state index in [9.17, 15) is 13.2 Å². The number of halogens is 3. The summed E-state index contributed by atoms with van der Waals surface area (Å²) in [6, 6.07) is 0. The van der Waals surface area contributed by atoms with Gasteiger partial charge in [-0.3, -0.25) is 0 Å². The number of alkyl halides is 3. The summed E-state index contributed by atoms with van der Waals surface area (Å²) in [5.41, 5.74) is 0. The molecular formula is C10H17F3N2. The maximum absolute atomic E-state index is 11.9. The van der Waals surface area contributed by atoms with Crippen molar-refractivity contribution in [1.82, 2.24) is 10.2 Å². The minimum absolute atomic E-state index is 0.246. The molecule has 0 aromatic carbocycles. The largest absolute Gasteiger partial charge is 0.389 e. The van der Waals surface area contributed by atoms with Gasteiger partial charge in [0, 0.05) is 19.5 Å². The second-order valence-electron chi connectivity index (χ2n) is 4.66. The predicted octanol–water partition coefficient (Wildman–Crippen LogP) is 1.48. The molecule has 2 atom stereocenters. The smallest absolute Gasteiger partial charge is 0.316 e. The van der Waals surface area contributed by atoms with Crippen LogP contribution in [0.1, 0.15) is 12.8 Å². The fourth-order valence-corrected chi connectivity index (χ4v) is 2.64. The van der Waals surface area contributed by atoms with Crippen LogP contribution >= 0.6 is 0 Å². The van der Waals surface area contributed by atoms with E-state index in [0.29, 0.717) is 18.4 Å². The van der Waals surface area contributed by atoms with Crippen LogP contribution in [0.5, 0.6) is 0 Å². The summed E-state index contributed by atoms with van der Waals surface area (Å²) in [5.74, 6) is 1.35. The predicted molar refractivity (Wildman–Crippen MR) is 51.6 cm³/mol. The van der Waals surface area contributed by atoms with Gasteiger partial charge in [0.25, 0.3) is 0 Å². The lowest BCUT2D eigenvalue weighted by Gasteiger charge is -2.17.